The molecule has 0 aliphatic carbocycles. The molecule has 0 aliphatic rings. The lowest BCUT2D eigenvalue weighted by atomic mass is 10.2. The first kappa shape index (κ1) is 14.8. The zero-order chi connectivity index (χ0) is 16.7. The van der Waals surface area contributed by atoms with Crippen LogP contribution in [0.3, 0.4) is 0 Å². The van der Waals surface area contributed by atoms with E-state index < -0.39 is 0 Å². The van der Waals surface area contributed by atoms with E-state index >= 15 is 0 Å². The molecular formula is C16H11BrFN5O. The molecule has 2 N–H and O–H groups in total. The number of benzene rings is 1. The Labute approximate surface area is 144 Å². The largest absolute Gasteiger partial charge is 0.463 e. The van der Waals surface area contributed by atoms with Crippen molar-refractivity contribution < 1.29 is 8.81 Å². The first-order chi connectivity index (χ1) is 11.6. The molecule has 3 aromatic heterocycles. The van der Waals surface area contributed by atoms with Crippen molar-refractivity contribution in [2.75, 3.05) is 5.73 Å². The van der Waals surface area contributed by atoms with E-state index in [1.54, 1.807) is 41.4 Å². The molecule has 120 valence electrons. The van der Waals surface area contributed by atoms with Crippen molar-refractivity contribution in [2.45, 2.75) is 6.54 Å². The van der Waals surface area contributed by atoms with Gasteiger partial charge in [0, 0.05) is 10.0 Å². The number of fused-ring (bicyclic) bond motifs is 1. The van der Waals surface area contributed by atoms with Crippen LogP contribution in [0.1, 0.15) is 5.56 Å². The van der Waals surface area contributed by atoms with Gasteiger partial charge < -0.3 is 10.2 Å². The highest BCUT2D eigenvalue weighted by atomic mass is 79.9. The molecule has 0 atom stereocenters. The van der Waals surface area contributed by atoms with Crippen molar-refractivity contribution >= 4 is 32.9 Å². The molecule has 0 bridgehead atoms. The molecule has 0 amide bonds. The van der Waals surface area contributed by atoms with Gasteiger partial charge in [-0.1, -0.05) is 22.0 Å². The van der Waals surface area contributed by atoms with Crippen molar-refractivity contribution in [3.8, 4) is 11.5 Å². The van der Waals surface area contributed by atoms with E-state index in [1.807, 2.05) is 0 Å². The second-order valence-electron chi connectivity index (χ2n) is 5.15. The number of nitrogen functional groups attached to an aromatic ring is 1. The minimum Gasteiger partial charge on any atom is -0.463 e. The second-order valence-corrected chi connectivity index (χ2v) is 6.00. The summed E-state index contributed by atoms with van der Waals surface area (Å²) in [5.74, 6) is 0.352. The highest BCUT2D eigenvalue weighted by Gasteiger charge is 2.17. The van der Waals surface area contributed by atoms with Gasteiger partial charge in [-0.15, -0.1) is 0 Å². The van der Waals surface area contributed by atoms with Gasteiger partial charge in [0.25, 0.3) is 0 Å². The first-order valence-corrected chi connectivity index (χ1v) is 7.88. The third kappa shape index (κ3) is 2.44. The van der Waals surface area contributed by atoms with E-state index in [4.69, 9.17) is 10.2 Å². The molecule has 1 aromatic carbocycles. The molecule has 0 saturated heterocycles. The Bertz CT molecular complexity index is 1010. The minimum atomic E-state index is -0.318. The number of hydrogen-bond acceptors (Lipinski definition) is 5. The van der Waals surface area contributed by atoms with Crippen LogP contribution in [0.4, 0.5) is 10.3 Å². The van der Waals surface area contributed by atoms with Gasteiger partial charge in [0.1, 0.15) is 11.5 Å². The molecule has 3 heterocycles. The van der Waals surface area contributed by atoms with Gasteiger partial charge in [-0.05, 0) is 24.3 Å². The summed E-state index contributed by atoms with van der Waals surface area (Å²) in [5, 5.41) is 5.00. The Balaban J connectivity index is 1.87. The fourth-order valence-corrected chi connectivity index (χ4v) is 2.99. The summed E-state index contributed by atoms with van der Waals surface area (Å²) in [6.45, 7) is 0.213. The molecule has 24 heavy (non-hydrogen) atoms. The number of nitrogens with two attached hydrogens (primary N) is 1. The average Bonchev–Trinajstić information content (AvgIpc) is 3.20. The number of nitrogens with zero attached hydrogens (tertiary/aromatic N) is 4. The zero-order valence-electron chi connectivity index (χ0n) is 12.3. The van der Waals surface area contributed by atoms with Crippen LogP contribution in [0, 0.1) is 5.82 Å². The van der Waals surface area contributed by atoms with Crippen molar-refractivity contribution in [1.29, 1.82) is 0 Å². The molecule has 0 spiro atoms. The highest BCUT2D eigenvalue weighted by molar-refractivity contribution is 9.10. The Morgan fingerprint density at radius 3 is 2.83 bits per heavy atom. The maximum absolute atomic E-state index is 14.1. The zero-order valence-corrected chi connectivity index (χ0v) is 13.9. The topological polar surface area (TPSA) is 82.8 Å². The fraction of sp³-hybridized carbons (Fsp3) is 0.0625. The van der Waals surface area contributed by atoms with Crippen LogP contribution in [0.2, 0.25) is 0 Å². The molecule has 0 saturated carbocycles. The average molecular weight is 388 g/mol. The number of furan rings is 1. The van der Waals surface area contributed by atoms with E-state index in [1.165, 1.54) is 6.07 Å². The van der Waals surface area contributed by atoms with Gasteiger partial charge in [0.05, 0.1) is 24.4 Å². The van der Waals surface area contributed by atoms with Crippen molar-refractivity contribution in [1.82, 2.24) is 19.7 Å². The van der Waals surface area contributed by atoms with Gasteiger partial charge >= 0.3 is 0 Å². The summed E-state index contributed by atoms with van der Waals surface area (Å²) in [4.78, 5) is 8.48. The lowest BCUT2D eigenvalue weighted by Gasteiger charge is -2.08. The summed E-state index contributed by atoms with van der Waals surface area (Å²) in [6, 6.07) is 8.37. The Kier molecular flexibility index (Phi) is 3.53. The number of halogens is 2. The van der Waals surface area contributed by atoms with E-state index in [9.17, 15) is 4.39 Å². The third-order valence-electron chi connectivity index (χ3n) is 3.64. The van der Waals surface area contributed by atoms with Gasteiger partial charge in [0.15, 0.2) is 11.4 Å². The monoisotopic (exact) mass is 387 g/mol. The van der Waals surface area contributed by atoms with Gasteiger partial charge in [-0.2, -0.15) is 10.1 Å². The van der Waals surface area contributed by atoms with Crippen LogP contribution in [0.5, 0.6) is 0 Å². The van der Waals surface area contributed by atoms with E-state index in [0.29, 0.717) is 32.5 Å². The van der Waals surface area contributed by atoms with E-state index in [0.717, 1.165) is 0 Å². The number of rotatable bonds is 3. The highest BCUT2D eigenvalue weighted by Crippen LogP contribution is 2.28. The molecule has 0 fully saturated rings. The van der Waals surface area contributed by atoms with Gasteiger partial charge in [0.2, 0.25) is 5.95 Å². The summed E-state index contributed by atoms with van der Waals surface area (Å²) < 4.78 is 21.7. The minimum absolute atomic E-state index is 0.100. The van der Waals surface area contributed by atoms with Crippen LogP contribution in [0.15, 0.2) is 51.7 Å². The van der Waals surface area contributed by atoms with Crippen LogP contribution in [-0.4, -0.2) is 19.7 Å². The summed E-state index contributed by atoms with van der Waals surface area (Å²) in [6.07, 6.45) is 3.18. The molecule has 0 radical (unpaired) electrons. The maximum Gasteiger partial charge on any atom is 0.222 e. The van der Waals surface area contributed by atoms with E-state index in [-0.39, 0.29) is 18.3 Å². The smallest absolute Gasteiger partial charge is 0.222 e. The first-order valence-electron chi connectivity index (χ1n) is 7.09. The van der Waals surface area contributed by atoms with Gasteiger partial charge in [-0.25, -0.2) is 14.1 Å². The van der Waals surface area contributed by atoms with Gasteiger partial charge in [-0.3, -0.25) is 0 Å². The molecular weight excluding hydrogens is 377 g/mol. The SMILES string of the molecule is Nc1nc(-c2ccco2)c2cnn(Cc3c(F)cccc3Br)c2n1. The second kappa shape index (κ2) is 5.72. The van der Waals surface area contributed by atoms with E-state index in [2.05, 4.69) is 31.0 Å². The lowest BCUT2D eigenvalue weighted by molar-refractivity contribution is 0.580. The van der Waals surface area contributed by atoms with Crippen molar-refractivity contribution in [2.24, 2.45) is 0 Å². The quantitative estimate of drug-likeness (QED) is 0.580. The number of anilines is 1. The standard InChI is InChI=1S/C16H11BrFN5O/c17-11-3-1-4-12(18)10(11)8-23-15-9(7-20-23)14(21-16(19)22-15)13-5-2-6-24-13/h1-7H,8H2,(H2,19,21,22). The predicted octanol–water partition coefficient (Wildman–Crippen LogP) is 3.62. The molecule has 4 aromatic rings. The molecule has 4 rings (SSSR count). The lowest BCUT2D eigenvalue weighted by Crippen LogP contribution is -2.07. The number of hydrogen-bond donors (Lipinski definition) is 1. The van der Waals surface area contributed by atoms with Crippen LogP contribution in [-0.2, 0) is 6.54 Å². The predicted molar refractivity (Wildman–Crippen MR) is 90.6 cm³/mol. The molecule has 8 heteroatoms. The molecule has 0 aliphatic heterocycles. The molecule has 6 nitrogen and oxygen atoms in total. The molecule has 0 unspecified atom stereocenters. The Morgan fingerprint density at radius 2 is 2.08 bits per heavy atom. The summed E-state index contributed by atoms with van der Waals surface area (Å²) >= 11 is 3.36. The third-order valence-corrected chi connectivity index (χ3v) is 4.38. The Hall–Kier alpha value is -2.74. The van der Waals surface area contributed by atoms with Crippen LogP contribution < -0.4 is 5.73 Å². The summed E-state index contributed by atoms with van der Waals surface area (Å²) in [7, 11) is 0. The van der Waals surface area contributed by atoms with Crippen LogP contribution in [0.25, 0.3) is 22.5 Å². The summed E-state index contributed by atoms with van der Waals surface area (Å²) in [5.41, 5.74) is 7.38. The fourth-order valence-electron chi connectivity index (χ4n) is 2.52. The maximum atomic E-state index is 14.1. The van der Waals surface area contributed by atoms with Crippen molar-refractivity contribution in [3.05, 3.63) is 58.6 Å². The van der Waals surface area contributed by atoms with Crippen molar-refractivity contribution in [3.63, 3.8) is 0 Å². The Morgan fingerprint density at radius 1 is 1.21 bits per heavy atom. The normalized spacial score (nSPS) is 11.2. The van der Waals surface area contributed by atoms with Crippen LogP contribution >= 0.6 is 15.9 Å². The number of aromatic nitrogens is 4.